The van der Waals surface area contributed by atoms with Crippen LogP contribution in [0.25, 0.3) is 0 Å². The van der Waals surface area contributed by atoms with Gasteiger partial charge in [0.1, 0.15) is 0 Å². The molecule has 0 aliphatic carbocycles. The second kappa shape index (κ2) is 13.7. The molecule has 0 aliphatic rings. The van der Waals surface area contributed by atoms with Crippen molar-refractivity contribution >= 4 is 29.1 Å². The molecule has 0 spiro atoms. The lowest BCUT2D eigenvalue weighted by molar-refractivity contribution is -0.114. The highest BCUT2D eigenvalue weighted by molar-refractivity contribution is 5.97. The number of benzene rings is 3. The van der Waals surface area contributed by atoms with Gasteiger partial charge in [-0.2, -0.15) is 0 Å². The summed E-state index contributed by atoms with van der Waals surface area (Å²) in [4.78, 5) is 39.3. The first-order valence-electron chi connectivity index (χ1n) is 12.4. The predicted octanol–water partition coefficient (Wildman–Crippen LogP) is 4.93. The Bertz CT molecular complexity index is 1120. The van der Waals surface area contributed by atoms with E-state index in [1.165, 1.54) is 0 Å². The zero-order chi connectivity index (χ0) is 25.8. The van der Waals surface area contributed by atoms with Gasteiger partial charge in [-0.15, -0.1) is 0 Å². The highest BCUT2D eigenvalue weighted by Crippen LogP contribution is 2.13. The second-order valence-corrected chi connectivity index (χ2v) is 8.52. The molecule has 0 saturated carbocycles. The zero-order valence-corrected chi connectivity index (χ0v) is 20.9. The van der Waals surface area contributed by atoms with E-state index in [0.717, 1.165) is 37.2 Å². The molecule has 0 fully saturated rings. The molecule has 3 aromatic rings. The molecule has 3 rings (SSSR count). The lowest BCUT2D eigenvalue weighted by atomic mass is 10.1. The highest BCUT2D eigenvalue weighted by Gasteiger charge is 2.14. The van der Waals surface area contributed by atoms with Crippen LogP contribution >= 0.6 is 0 Å². The first-order chi connectivity index (χ1) is 17.5. The second-order valence-electron chi connectivity index (χ2n) is 8.52. The molecule has 0 atom stereocenters. The third kappa shape index (κ3) is 7.98. The van der Waals surface area contributed by atoms with Crippen LogP contribution in [0.1, 0.15) is 53.0 Å². The Hall–Kier alpha value is -4.13. The number of carbonyl (C=O) groups excluding carboxylic acids is 3. The average Bonchev–Trinajstić information content (AvgIpc) is 2.91. The molecule has 7 heteroatoms. The van der Waals surface area contributed by atoms with Crippen LogP contribution < -0.4 is 16.0 Å². The van der Waals surface area contributed by atoms with Gasteiger partial charge >= 0.3 is 0 Å². The van der Waals surface area contributed by atoms with Crippen LogP contribution in [0.3, 0.4) is 0 Å². The molecule has 3 aromatic carbocycles. The fourth-order valence-electron chi connectivity index (χ4n) is 3.74. The number of hydrogen-bond acceptors (Lipinski definition) is 4. The summed E-state index contributed by atoms with van der Waals surface area (Å²) in [7, 11) is 0. The van der Waals surface area contributed by atoms with E-state index in [1.807, 2.05) is 35.2 Å². The molecule has 0 heterocycles. The summed E-state index contributed by atoms with van der Waals surface area (Å²) in [5.74, 6) is -0.360. The van der Waals surface area contributed by atoms with Gasteiger partial charge in [-0.25, -0.2) is 0 Å². The van der Waals surface area contributed by atoms with E-state index in [4.69, 9.17) is 0 Å². The van der Waals surface area contributed by atoms with E-state index in [0.29, 0.717) is 23.4 Å². The maximum atomic E-state index is 12.7. The van der Waals surface area contributed by atoms with Crippen LogP contribution in [0.15, 0.2) is 78.9 Å². The first kappa shape index (κ1) is 26.5. The van der Waals surface area contributed by atoms with Crippen molar-refractivity contribution in [3.63, 3.8) is 0 Å². The third-order valence-corrected chi connectivity index (χ3v) is 5.59. The molecule has 0 aliphatic heterocycles. The molecule has 7 nitrogen and oxygen atoms in total. The Labute approximate surface area is 212 Å². The van der Waals surface area contributed by atoms with Crippen LogP contribution in [-0.2, 0) is 11.3 Å². The Kier molecular flexibility index (Phi) is 10.1. The highest BCUT2D eigenvalue weighted by atomic mass is 16.2. The number of rotatable bonds is 12. The number of nitrogens with one attached hydrogen (secondary N) is 3. The Morgan fingerprint density at radius 1 is 0.722 bits per heavy atom. The number of nitrogens with zero attached hydrogens (tertiary/aromatic N) is 1. The van der Waals surface area contributed by atoms with Crippen molar-refractivity contribution in [1.29, 1.82) is 0 Å². The van der Waals surface area contributed by atoms with Crippen molar-refractivity contribution in [2.75, 3.05) is 30.3 Å². The van der Waals surface area contributed by atoms with Gasteiger partial charge in [0.25, 0.3) is 11.8 Å². The molecule has 0 aromatic heterocycles. The lowest BCUT2D eigenvalue weighted by Crippen LogP contribution is -2.32. The van der Waals surface area contributed by atoms with E-state index in [-0.39, 0.29) is 24.3 Å². The van der Waals surface area contributed by atoms with Crippen molar-refractivity contribution in [3.05, 3.63) is 95.6 Å². The van der Waals surface area contributed by atoms with Gasteiger partial charge < -0.3 is 20.9 Å². The summed E-state index contributed by atoms with van der Waals surface area (Å²) in [6.45, 7) is 6.14. The number of amides is 3. The zero-order valence-electron chi connectivity index (χ0n) is 20.9. The van der Waals surface area contributed by atoms with E-state index in [2.05, 4.69) is 29.8 Å². The van der Waals surface area contributed by atoms with Crippen molar-refractivity contribution in [1.82, 2.24) is 10.2 Å². The number of hydrogen-bond donors (Lipinski definition) is 3. The molecule has 188 valence electrons. The quantitative estimate of drug-likeness (QED) is 0.339. The molecule has 0 saturated heterocycles. The smallest absolute Gasteiger partial charge is 0.253 e. The maximum absolute atomic E-state index is 12.7. The standard InChI is InChI=1S/C29H34N4O3/c1-3-18-33(19-4-2)29(36)24-12-14-25(15-13-24)30-21-27(34)32-26-16-10-23(11-17-26)28(35)31-20-22-8-6-5-7-9-22/h5-17,30H,3-4,18-21H2,1-2H3,(H,31,35)(H,32,34). The molecule has 3 N–H and O–H groups in total. The monoisotopic (exact) mass is 486 g/mol. The Morgan fingerprint density at radius 2 is 1.31 bits per heavy atom. The van der Waals surface area contributed by atoms with E-state index < -0.39 is 0 Å². The van der Waals surface area contributed by atoms with Crippen molar-refractivity contribution in [3.8, 4) is 0 Å². The lowest BCUT2D eigenvalue weighted by Gasteiger charge is -2.21. The van der Waals surface area contributed by atoms with Gasteiger partial charge in [-0.1, -0.05) is 44.2 Å². The van der Waals surface area contributed by atoms with Gasteiger partial charge in [0, 0.05) is 42.1 Å². The summed E-state index contributed by atoms with van der Waals surface area (Å²) in [5, 5.41) is 8.77. The van der Waals surface area contributed by atoms with Crippen molar-refractivity contribution in [2.24, 2.45) is 0 Å². The first-order valence-corrected chi connectivity index (χ1v) is 12.4. The van der Waals surface area contributed by atoms with E-state index >= 15 is 0 Å². The van der Waals surface area contributed by atoms with Gasteiger partial charge in [-0.05, 0) is 66.9 Å². The topological polar surface area (TPSA) is 90.5 Å². The minimum atomic E-state index is -0.214. The number of carbonyl (C=O) groups is 3. The van der Waals surface area contributed by atoms with Crippen LogP contribution in [-0.4, -0.2) is 42.3 Å². The van der Waals surface area contributed by atoms with Gasteiger partial charge in [0.05, 0.1) is 6.54 Å². The van der Waals surface area contributed by atoms with Crippen LogP contribution in [0.5, 0.6) is 0 Å². The maximum Gasteiger partial charge on any atom is 0.253 e. The summed E-state index contributed by atoms with van der Waals surface area (Å²) < 4.78 is 0. The summed E-state index contributed by atoms with van der Waals surface area (Å²) in [6, 6.07) is 23.6. The molecule has 3 amide bonds. The van der Waals surface area contributed by atoms with Crippen molar-refractivity contribution in [2.45, 2.75) is 33.2 Å². The largest absolute Gasteiger partial charge is 0.376 e. The molecular formula is C29H34N4O3. The minimum Gasteiger partial charge on any atom is -0.376 e. The van der Waals surface area contributed by atoms with E-state index in [1.54, 1.807) is 48.5 Å². The molecule has 0 radical (unpaired) electrons. The number of anilines is 2. The SMILES string of the molecule is CCCN(CCC)C(=O)c1ccc(NCC(=O)Nc2ccc(C(=O)NCc3ccccc3)cc2)cc1. The molecule has 0 bridgehead atoms. The minimum absolute atomic E-state index is 0.0280. The Balaban J connectivity index is 1.45. The Morgan fingerprint density at radius 3 is 1.92 bits per heavy atom. The summed E-state index contributed by atoms with van der Waals surface area (Å²) in [6.07, 6.45) is 1.84. The predicted molar refractivity (Wildman–Crippen MR) is 144 cm³/mol. The van der Waals surface area contributed by atoms with E-state index in [9.17, 15) is 14.4 Å². The summed E-state index contributed by atoms with van der Waals surface area (Å²) in [5.41, 5.74) is 3.55. The fourth-order valence-corrected chi connectivity index (χ4v) is 3.74. The molecular weight excluding hydrogens is 452 g/mol. The van der Waals surface area contributed by atoms with Gasteiger partial charge in [0.15, 0.2) is 0 Å². The molecule has 0 unspecified atom stereocenters. The van der Waals surface area contributed by atoms with Crippen molar-refractivity contribution < 1.29 is 14.4 Å². The van der Waals surface area contributed by atoms with Crippen LogP contribution in [0.2, 0.25) is 0 Å². The summed E-state index contributed by atoms with van der Waals surface area (Å²) >= 11 is 0. The normalized spacial score (nSPS) is 10.4. The van der Waals surface area contributed by atoms with Gasteiger partial charge in [0.2, 0.25) is 5.91 Å². The fraction of sp³-hybridized carbons (Fsp3) is 0.276. The van der Waals surface area contributed by atoms with Crippen LogP contribution in [0.4, 0.5) is 11.4 Å². The average molecular weight is 487 g/mol. The van der Waals surface area contributed by atoms with Gasteiger partial charge in [-0.3, -0.25) is 14.4 Å². The molecule has 36 heavy (non-hydrogen) atoms. The van der Waals surface area contributed by atoms with Crippen LogP contribution in [0, 0.1) is 0 Å². The third-order valence-electron chi connectivity index (χ3n) is 5.59.